The fourth-order valence-electron chi connectivity index (χ4n) is 3.58. The number of carbonyl (C=O) groups excluding carboxylic acids is 1. The van der Waals surface area contributed by atoms with Crippen LogP contribution in [-0.4, -0.2) is 38.7 Å². The highest BCUT2D eigenvalue weighted by Gasteiger charge is 2.26. The highest BCUT2D eigenvalue weighted by Crippen LogP contribution is 2.26. The number of halogens is 1. The maximum atomic E-state index is 13.2. The second kappa shape index (κ2) is 8.59. The average Bonchev–Trinajstić information content (AvgIpc) is 3.26. The van der Waals surface area contributed by atoms with Crippen LogP contribution in [0, 0.1) is 0 Å². The quantitative estimate of drug-likeness (QED) is 0.452. The van der Waals surface area contributed by atoms with Crippen LogP contribution in [0.15, 0.2) is 58.5 Å². The second-order valence-electron chi connectivity index (χ2n) is 7.19. The molecule has 150 valence electrons. The third-order valence-corrected chi connectivity index (χ3v) is 6.61. The molecule has 1 aliphatic rings. The molecule has 0 aliphatic carbocycles. The number of benzene rings is 2. The van der Waals surface area contributed by atoms with Crippen LogP contribution in [0.2, 0.25) is 5.02 Å². The zero-order chi connectivity index (χ0) is 20.4. The summed E-state index contributed by atoms with van der Waals surface area (Å²) in [5.41, 5.74) is 1.35. The number of hydrogen-bond acceptors (Lipinski definition) is 4. The molecule has 1 saturated heterocycles. The standard InChI is InChI=1S/C22H22ClN3O2S/c1-15(20(27)25-12-6-7-13-25)29-22-24-19-11-5-3-9-17(19)21(28)26(22)14-16-8-2-4-10-18(16)23/h2-5,8-11,15H,6-7,12-14H2,1H3. The summed E-state index contributed by atoms with van der Waals surface area (Å²) in [6, 6.07) is 14.8. The van der Waals surface area contributed by atoms with Crippen molar-refractivity contribution in [1.29, 1.82) is 0 Å². The van der Waals surface area contributed by atoms with E-state index in [0.29, 0.717) is 27.6 Å². The van der Waals surface area contributed by atoms with E-state index >= 15 is 0 Å². The van der Waals surface area contributed by atoms with Gasteiger partial charge in [0, 0.05) is 18.1 Å². The first-order valence-corrected chi connectivity index (χ1v) is 11.0. The van der Waals surface area contributed by atoms with Crippen molar-refractivity contribution in [3.8, 4) is 0 Å². The Balaban J connectivity index is 1.74. The molecule has 4 rings (SSSR count). The number of fused-ring (bicyclic) bond motifs is 1. The number of nitrogens with zero attached hydrogens (tertiary/aromatic N) is 3. The molecule has 2 aromatic carbocycles. The number of likely N-dealkylation sites (tertiary alicyclic amines) is 1. The third-order valence-electron chi connectivity index (χ3n) is 5.16. The maximum absolute atomic E-state index is 13.2. The summed E-state index contributed by atoms with van der Waals surface area (Å²) < 4.78 is 1.63. The minimum Gasteiger partial charge on any atom is -0.342 e. The van der Waals surface area contributed by atoms with Crippen LogP contribution < -0.4 is 5.56 Å². The SMILES string of the molecule is CC(Sc1nc2ccccc2c(=O)n1Cc1ccccc1Cl)C(=O)N1CCCC1. The fourth-order valence-corrected chi connectivity index (χ4v) is 4.76. The van der Waals surface area contributed by atoms with Gasteiger partial charge in [-0.3, -0.25) is 14.2 Å². The zero-order valence-electron chi connectivity index (χ0n) is 16.2. The van der Waals surface area contributed by atoms with E-state index in [-0.39, 0.29) is 16.7 Å². The predicted molar refractivity (Wildman–Crippen MR) is 118 cm³/mol. The number of aromatic nitrogens is 2. The van der Waals surface area contributed by atoms with E-state index in [9.17, 15) is 9.59 Å². The highest BCUT2D eigenvalue weighted by atomic mass is 35.5. The molecule has 0 bridgehead atoms. The van der Waals surface area contributed by atoms with Gasteiger partial charge in [-0.05, 0) is 43.5 Å². The Morgan fingerprint density at radius 3 is 2.59 bits per heavy atom. The van der Waals surface area contributed by atoms with E-state index in [1.165, 1.54) is 11.8 Å². The Labute approximate surface area is 178 Å². The van der Waals surface area contributed by atoms with E-state index in [1.54, 1.807) is 10.6 Å². The van der Waals surface area contributed by atoms with E-state index in [1.807, 2.05) is 54.3 Å². The van der Waals surface area contributed by atoms with Crippen molar-refractivity contribution in [2.24, 2.45) is 0 Å². The number of carbonyl (C=O) groups is 1. The lowest BCUT2D eigenvalue weighted by atomic mass is 10.2. The molecular formula is C22H22ClN3O2S. The molecule has 7 heteroatoms. The first kappa shape index (κ1) is 20.0. The number of thioether (sulfide) groups is 1. The molecule has 1 unspecified atom stereocenters. The van der Waals surface area contributed by atoms with Crippen LogP contribution in [0.1, 0.15) is 25.3 Å². The van der Waals surface area contributed by atoms with Crippen molar-refractivity contribution in [2.45, 2.75) is 36.7 Å². The average molecular weight is 428 g/mol. The topological polar surface area (TPSA) is 55.2 Å². The van der Waals surface area contributed by atoms with E-state index in [2.05, 4.69) is 0 Å². The van der Waals surface area contributed by atoms with Crippen LogP contribution in [0.4, 0.5) is 0 Å². The van der Waals surface area contributed by atoms with Gasteiger partial charge in [-0.2, -0.15) is 0 Å². The molecule has 5 nitrogen and oxygen atoms in total. The summed E-state index contributed by atoms with van der Waals surface area (Å²) in [4.78, 5) is 32.7. The van der Waals surface area contributed by atoms with Crippen molar-refractivity contribution >= 4 is 40.2 Å². The molecule has 29 heavy (non-hydrogen) atoms. The molecule has 1 amide bonds. The lowest BCUT2D eigenvalue weighted by molar-refractivity contribution is -0.129. The molecule has 1 aromatic heterocycles. The van der Waals surface area contributed by atoms with Crippen molar-refractivity contribution in [2.75, 3.05) is 13.1 Å². The Bertz CT molecular complexity index is 1110. The Hall–Kier alpha value is -2.31. The summed E-state index contributed by atoms with van der Waals surface area (Å²) in [7, 11) is 0. The van der Waals surface area contributed by atoms with Gasteiger partial charge in [-0.25, -0.2) is 4.98 Å². The first-order chi connectivity index (χ1) is 14.0. The second-order valence-corrected chi connectivity index (χ2v) is 8.90. The number of rotatable bonds is 5. The van der Waals surface area contributed by atoms with E-state index in [4.69, 9.17) is 16.6 Å². The third kappa shape index (κ3) is 4.19. The zero-order valence-corrected chi connectivity index (χ0v) is 17.7. The van der Waals surface area contributed by atoms with Gasteiger partial charge in [0.2, 0.25) is 5.91 Å². The molecule has 0 radical (unpaired) electrons. The lowest BCUT2D eigenvalue weighted by Crippen LogP contribution is -2.34. The summed E-state index contributed by atoms with van der Waals surface area (Å²) in [6.45, 7) is 3.80. The van der Waals surface area contributed by atoms with E-state index in [0.717, 1.165) is 31.5 Å². The number of amides is 1. The predicted octanol–water partition coefficient (Wildman–Crippen LogP) is 4.20. The Kier molecular flexibility index (Phi) is 5.92. The normalized spacial score (nSPS) is 15.0. The fraction of sp³-hybridized carbons (Fsp3) is 0.318. The summed E-state index contributed by atoms with van der Waals surface area (Å²) in [5.74, 6) is 0.0965. The van der Waals surface area contributed by atoms with Crippen LogP contribution in [0.3, 0.4) is 0 Å². The van der Waals surface area contributed by atoms with E-state index < -0.39 is 0 Å². The van der Waals surface area contributed by atoms with Gasteiger partial charge in [-0.1, -0.05) is 53.7 Å². The van der Waals surface area contributed by atoms with Crippen molar-refractivity contribution in [1.82, 2.24) is 14.5 Å². The summed E-state index contributed by atoms with van der Waals surface area (Å²) >= 11 is 7.67. The van der Waals surface area contributed by atoms with Crippen molar-refractivity contribution in [3.05, 3.63) is 69.5 Å². The van der Waals surface area contributed by atoms with Crippen LogP contribution in [-0.2, 0) is 11.3 Å². The highest BCUT2D eigenvalue weighted by molar-refractivity contribution is 8.00. The smallest absolute Gasteiger partial charge is 0.262 e. The van der Waals surface area contributed by atoms with Gasteiger partial charge in [0.25, 0.3) is 5.56 Å². The molecule has 0 N–H and O–H groups in total. The molecule has 2 heterocycles. The van der Waals surface area contributed by atoms with Gasteiger partial charge < -0.3 is 4.90 Å². The van der Waals surface area contributed by atoms with Gasteiger partial charge in [0.1, 0.15) is 0 Å². The largest absolute Gasteiger partial charge is 0.342 e. The number of para-hydroxylation sites is 1. The van der Waals surface area contributed by atoms with Gasteiger partial charge >= 0.3 is 0 Å². The summed E-state index contributed by atoms with van der Waals surface area (Å²) in [6.07, 6.45) is 2.10. The summed E-state index contributed by atoms with van der Waals surface area (Å²) in [5, 5.41) is 1.37. The van der Waals surface area contributed by atoms with Crippen LogP contribution in [0.25, 0.3) is 10.9 Å². The van der Waals surface area contributed by atoms with Gasteiger partial charge in [0.15, 0.2) is 5.16 Å². The van der Waals surface area contributed by atoms with Crippen molar-refractivity contribution in [3.63, 3.8) is 0 Å². The molecular weight excluding hydrogens is 406 g/mol. The number of hydrogen-bond donors (Lipinski definition) is 0. The van der Waals surface area contributed by atoms with Gasteiger partial charge in [0.05, 0.1) is 22.7 Å². The Morgan fingerprint density at radius 2 is 1.83 bits per heavy atom. The molecule has 0 saturated carbocycles. The van der Waals surface area contributed by atoms with Crippen LogP contribution >= 0.6 is 23.4 Å². The molecule has 0 spiro atoms. The lowest BCUT2D eigenvalue weighted by Gasteiger charge is -2.21. The minimum atomic E-state index is -0.321. The molecule has 1 fully saturated rings. The van der Waals surface area contributed by atoms with Crippen molar-refractivity contribution < 1.29 is 4.79 Å². The maximum Gasteiger partial charge on any atom is 0.262 e. The van der Waals surface area contributed by atoms with Gasteiger partial charge in [-0.15, -0.1) is 0 Å². The van der Waals surface area contributed by atoms with Crippen LogP contribution in [0.5, 0.6) is 0 Å². The molecule has 3 aromatic rings. The molecule has 1 atom stereocenters. The minimum absolute atomic E-state index is 0.0965. The Morgan fingerprint density at radius 1 is 1.14 bits per heavy atom. The molecule has 1 aliphatic heterocycles. The first-order valence-electron chi connectivity index (χ1n) is 9.73. The monoisotopic (exact) mass is 427 g/mol.